The Morgan fingerprint density at radius 3 is 2.60 bits per heavy atom. The van der Waals surface area contributed by atoms with E-state index < -0.39 is 0 Å². The van der Waals surface area contributed by atoms with Gasteiger partial charge in [0.2, 0.25) is 5.71 Å². The van der Waals surface area contributed by atoms with Crippen molar-refractivity contribution in [3.8, 4) is 11.5 Å². The summed E-state index contributed by atoms with van der Waals surface area (Å²) in [6.07, 6.45) is 0. The van der Waals surface area contributed by atoms with Crippen molar-refractivity contribution in [2.45, 2.75) is 13.8 Å². The summed E-state index contributed by atoms with van der Waals surface area (Å²) in [6, 6.07) is 5.21. The van der Waals surface area contributed by atoms with Gasteiger partial charge < -0.3 is 28.8 Å². The number of morpholine rings is 1. The molecular weight excluding hydrogens is 388 g/mol. The zero-order chi connectivity index (χ0) is 21.3. The van der Waals surface area contributed by atoms with Gasteiger partial charge in [-0.2, -0.15) is 4.98 Å². The van der Waals surface area contributed by atoms with Crippen molar-refractivity contribution < 1.29 is 23.4 Å². The first-order valence-electron chi connectivity index (χ1n) is 9.65. The van der Waals surface area contributed by atoms with E-state index in [9.17, 15) is 4.79 Å². The molecule has 0 bridgehead atoms. The Bertz CT molecular complexity index is 1090. The molecule has 9 nitrogen and oxygen atoms in total. The number of nitrogens with one attached hydrogen (secondary N) is 1. The lowest BCUT2D eigenvalue weighted by Gasteiger charge is -2.28. The lowest BCUT2D eigenvalue weighted by Crippen LogP contribution is -2.37. The number of benzene rings is 1. The molecule has 1 saturated heterocycles. The molecule has 158 valence electrons. The van der Waals surface area contributed by atoms with Crippen molar-refractivity contribution in [1.29, 1.82) is 0 Å². The van der Waals surface area contributed by atoms with E-state index in [-0.39, 0.29) is 5.91 Å². The first kappa shape index (κ1) is 20.0. The Balaban J connectivity index is 1.79. The summed E-state index contributed by atoms with van der Waals surface area (Å²) in [4.78, 5) is 24.5. The average Bonchev–Trinajstić information content (AvgIpc) is 3.09. The summed E-state index contributed by atoms with van der Waals surface area (Å²) >= 11 is 0. The highest BCUT2D eigenvalue weighted by Gasteiger charge is 2.27. The summed E-state index contributed by atoms with van der Waals surface area (Å²) in [5.74, 6) is 2.53. The number of anilines is 2. The SMILES string of the molecule is COc1ccc(OC)c(NC(=O)c2c(C)oc3nc(C)nc(N4CCOCC4)c23)c1. The largest absolute Gasteiger partial charge is 0.497 e. The molecule has 1 N–H and O–H groups in total. The number of nitrogens with zero attached hydrogens (tertiary/aromatic N) is 3. The molecule has 0 unspecified atom stereocenters. The van der Waals surface area contributed by atoms with Gasteiger partial charge in [0.15, 0.2) is 0 Å². The summed E-state index contributed by atoms with van der Waals surface area (Å²) in [5, 5.41) is 3.51. The first-order valence-corrected chi connectivity index (χ1v) is 9.65. The minimum Gasteiger partial charge on any atom is -0.497 e. The van der Waals surface area contributed by atoms with E-state index in [1.165, 1.54) is 0 Å². The molecule has 0 spiro atoms. The number of ether oxygens (including phenoxy) is 3. The van der Waals surface area contributed by atoms with E-state index >= 15 is 0 Å². The van der Waals surface area contributed by atoms with Crippen LogP contribution in [0.5, 0.6) is 11.5 Å². The fraction of sp³-hybridized carbons (Fsp3) is 0.381. The van der Waals surface area contributed by atoms with E-state index in [0.717, 1.165) is 0 Å². The predicted molar refractivity (Wildman–Crippen MR) is 112 cm³/mol. The number of carbonyl (C=O) groups excluding carboxylic acids is 1. The number of aryl methyl sites for hydroxylation is 2. The molecule has 1 aromatic carbocycles. The maximum atomic E-state index is 13.3. The second-order valence-electron chi connectivity index (χ2n) is 6.93. The topological polar surface area (TPSA) is 99.0 Å². The zero-order valence-electron chi connectivity index (χ0n) is 17.4. The molecular formula is C21H24N4O5. The zero-order valence-corrected chi connectivity index (χ0v) is 17.4. The van der Waals surface area contributed by atoms with Gasteiger partial charge >= 0.3 is 0 Å². The third kappa shape index (κ3) is 3.63. The van der Waals surface area contributed by atoms with Crippen molar-refractivity contribution in [3.63, 3.8) is 0 Å². The average molecular weight is 412 g/mol. The second kappa shape index (κ2) is 8.19. The highest BCUT2D eigenvalue weighted by atomic mass is 16.5. The van der Waals surface area contributed by atoms with Crippen LogP contribution >= 0.6 is 0 Å². The molecule has 0 aliphatic carbocycles. The number of methoxy groups -OCH3 is 2. The second-order valence-corrected chi connectivity index (χ2v) is 6.93. The lowest BCUT2D eigenvalue weighted by molar-refractivity contribution is 0.102. The Morgan fingerprint density at radius 1 is 1.13 bits per heavy atom. The number of aromatic nitrogens is 2. The number of carbonyl (C=O) groups is 1. The minimum atomic E-state index is -0.334. The van der Waals surface area contributed by atoms with Crippen LogP contribution in [0.15, 0.2) is 22.6 Å². The molecule has 1 amide bonds. The molecule has 3 heterocycles. The van der Waals surface area contributed by atoms with Crippen LogP contribution in [0.4, 0.5) is 11.5 Å². The number of hydrogen-bond acceptors (Lipinski definition) is 8. The summed E-state index contributed by atoms with van der Waals surface area (Å²) in [5.41, 5.74) is 1.29. The van der Waals surface area contributed by atoms with Gasteiger partial charge in [0.05, 0.1) is 44.1 Å². The quantitative estimate of drug-likeness (QED) is 0.683. The Morgan fingerprint density at radius 2 is 1.90 bits per heavy atom. The first-order chi connectivity index (χ1) is 14.5. The van der Waals surface area contributed by atoms with E-state index in [2.05, 4.69) is 20.2 Å². The fourth-order valence-corrected chi connectivity index (χ4v) is 3.57. The third-order valence-electron chi connectivity index (χ3n) is 5.01. The smallest absolute Gasteiger partial charge is 0.260 e. The highest BCUT2D eigenvalue weighted by molar-refractivity contribution is 6.15. The van der Waals surface area contributed by atoms with Gasteiger partial charge in [0.1, 0.15) is 28.9 Å². The number of fused-ring (bicyclic) bond motifs is 1. The van der Waals surface area contributed by atoms with Crippen molar-refractivity contribution >= 4 is 28.5 Å². The molecule has 3 aromatic rings. The van der Waals surface area contributed by atoms with Crippen LogP contribution in [-0.2, 0) is 4.74 Å². The molecule has 1 fully saturated rings. The van der Waals surface area contributed by atoms with Gasteiger partial charge in [-0.05, 0) is 26.0 Å². The van der Waals surface area contributed by atoms with E-state index in [0.29, 0.717) is 77.6 Å². The molecule has 2 aromatic heterocycles. The van der Waals surface area contributed by atoms with Gasteiger partial charge in [-0.3, -0.25) is 4.79 Å². The van der Waals surface area contributed by atoms with Crippen LogP contribution in [-0.4, -0.2) is 56.4 Å². The molecule has 0 saturated carbocycles. The van der Waals surface area contributed by atoms with E-state index in [4.69, 9.17) is 18.6 Å². The minimum absolute atomic E-state index is 0.334. The number of amides is 1. The van der Waals surface area contributed by atoms with Crippen LogP contribution in [0.1, 0.15) is 21.9 Å². The van der Waals surface area contributed by atoms with Crippen LogP contribution < -0.4 is 19.7 Å². The van der Waals surface area contributed by atoms with Crippen LogP contribution in [0.25, 0.3) is 11.1 Å². The molecule has 1 aliphatic heterocycles. The lowest BCUT2D eigenvalue weighted by atomic mass is 10.1. The van der Waals surface area contributed by atoms with Crippen molar-refractivity contribution in [3.05, 3.63) is 35.3 Å². The molecule has 4 rings (SSSR count). The Hall–Kier alpha value is -3.33. The monoisotopic (exact) mass is 412 g/mol. The van der Waals surface area contributed by atoms with Crippen molar-refractivity contribution in [2.24, 2.45) is 0 Å². The molecule has 0 radical (unpaired) electrons. The normalized spacial score (nSPS) is 14.1. The maximum absolute atomic E-state index is 13.3. The molecule has 9 heteroatoms. The highest BCUT2D eigenvalue weighted by Crippen LogP contribution is 2.34. The van der Waals surface area contributed by atoms with Gasteiger partial charge in [-0.1, -0.05) is 0 Å². The summed E-state index contributed by atoms with van der Waals surface area (Å²) in [7, 11) is 3.11. The van der Waals surface area contributed by atoms with Crippen molar-refractivity contribution in [2.75, 3.05) is 50.7 Å². The third-order valence-corrected chi connectivity index (χ3v) is 5.01. The number of hydrogen-bond donors (Lipinski definition) is 1. The van der Waals surface area contributed by atoms with E-state index in [1.807, 2.05) is 6.92 Å². The summed E-state index contributed by atoms with van der Waals surface area (Å²) < 4.78 is 21.9. The van der Waals surface area contributed by atoms with Gasteiger partial charge in [0, 0.05) is 19.2 Å². The van der Waals surface area contributed by atoms with Gasteiger partial charge in [0.25, 0.3) is 5.91 Å². The standard InChI is InChI=1S/C21H24N4O5/c1-12-17(20(26)24-15-11-14(27-3)5-6-16(15)28-4)18-19(25-7-9-29-10-8-25)22-13(2)23-21(18)30-12/h5-6,11H,7-10H2,1-4H3,(H,24,26). The fourth-order valence-electron chi connectivity index (χ4n) is 3.57. The van der Waals surface area contributed by atoms with Gasteiger partial charge in [-0.15, -0.1) is 0 Å². The number of rotatable bonds is 5. The molecule has 0 atom stereocenters. The van der Waals surface area contributed by atoms with E-state index in [1.54, 1.807) is 39.3 Å². The van der Waals surface area contributed by atoms with Gasteiger partial charge in [-0.25, -0.2) is 4.98 Å². The van der Waals surface area contributed by atoms with Crippen molar-refractivity contribution in [1.82, 2.24) is 9.97 Å². The van der Waals surface area contributed by atoms with Crippen LogP contribution in [0.3, 0.4) is 0 Å². The Labute approximate surface area is 173 Å². The van der Waals surface area contributed by atoms with Crippen LogP contribution in [0, 0.1) is 13.8 Å². The predicted octanol–water partition coefficient (Wildman–Crippen LogP) is 2.95. The maximum Gasteiger partial charge on any atom is 0.260 e. The Kier molecular flexibility index (Phi) is 5.45. The summed E-state index contributed by atoms with van der Waals surface area (Å²) in [6.45, 7) is 6.12. The molecule has 30 heavy (non-hydrogen) atoms. The molecule has 1 aliphatic rings. The van der Waals surface area contributed by atoms with Crippen LogP contribution in [0.2, 0.25) is 0 Å². The number of furan rings is 1.